The van der Waals surface area contributed by atoms with Gasteiger partial charge in [-0.1, -0.05) is 20.3 Å². The Hall–Kier alpha value is -0.290. The normalized spacial score (nSPS) is 14.8. The number of rotatable bonds is 6. The van der Waals surface area contributed by atoms with E-state index >= 15 is 0 Å². The first-order valence-electron chi connectivity index (χ1n) is 4.98. The predicted molar refractivity (Wildman–Crippen MR) is 51.1 cm³/mol. The standard InChI is InChI=1S/C9H19F3N2/c1-3-5-6-14(4-2)8(7-13)9(10,11)12/h8H,3-7,13H2,1-2H3. The van der Waals surface area contributed by atoms with Crippen LogP contribution in [0.3, 0.4) is 0 Å². The maximum Gasteiger partial charge on any atom is 0.405 e. The Morgan fingerprint density at radius 3 is 2.14 bits per heavy atom. The minimum Gasteiger partial charge on any atom is -0.329 e. The number of alkyl halides is 3. The first kappa shape index (κ1) is 13.7. The van der Waals surface area contributed by atoms with Crippen LogP contribution in [-0.4, -0.2) is 36.8 Å². The fourth-order valence-electron chi connectivity index (χ4n) is 1.39. The molecular formula is C9H19F3N2. The van der Waals surface area contributed by atoms with Crippen LogP contribution in [0.25, 0.3) is 0 Å². The third-order valence-electron chi connectivity index (χ3n) is 2.25. The van der Waals surface area contributed by atoms with E-state index in [1.165, 1.54) is 4.90 Å². The number of nitrogens with zero attached hydrogens (tertiary/aromatic N) is 1. The molecule has 0 aromatic rings. The monoisotopic (exact) mass is 212 g/mol. The van der Waals surface area contributed by atoms with Gasteiger partial charge in [0.15, 0.2) is 0 Å². The second kappa shape index (κ2) is 6.24. The minimum atomic E-state index is -4.21. The lowest BCUT2D eigenvalue weighted by molar-refractivity contribution is -0.180. The highest BCUT2D eigenvalue weighted by molar-refractivity contribution is 4.78. The molecule has 5 heteroatoms. The molecule has 0 aromatic heterocycles. The molecule has 0 aliphatic carbocycles. The maximum absolute atomic E-state index is 12.5. The Morgan fingerprint density at radius 1 is 1.29 bits per heavy atom. The largest absolute Gasteiger partial charge is 0.405 e. The second-order valence-electron chi connectivity index (χ2n) is 3.28. The van der Waals surface area contributed by atoms with Crippen LogP contribution in [0.4, 0.5) is 13.2 Å². The zero-order valence-corrected chi connectivity index (χ0v) is 8.77. The van der Waals surface area contributed by atoms with E-state index in [-0.39, 0.29) is 6.54 Å². The van der Waals surface area contributed by atoms with Crippen molar-refractivity contribution in [2.45, 2.75) is 38.9 Å². The van der Waals surface area contributed by atoms with Gasteiger partial charge in [-0.15, -0.1) is 0 Å². The summed E-state index contributed by atoms with van der Waals surface area (Å²) in [7, 11) is 0. The molecular weight excluding hydrogens is 193 g/mol. The van der Waals surface area contributed by atoms with Gasteiger partial charge >= 0.3 is 6.18 Å². The average Bonchev–Trinajstić information content (AvgIpc) is 2.09. The first-order chi connectivity index (χ1) is 6.47. The SMILES string of the molecule is CCCCN(CC)C(CN)C(F)(F)F. The predicted octanol–water partition coefficient (Wildman–Crippen LogP) is 2.00. The van der Waals surface area contributed by atoms with Gasteiger partial charge < -0.3 is 5.73 Å². The van der Waals surface area contributed by atoms with Crippen molar-refractivity contribution in [1.82, 2.24) is 4.90 Å². The number of hydrogen-bond donors (Lipinski definition) is 1. The summed E-state index contributed by atoms with van der Waals surface area (Å²) in [5.41, 5.74) is 5.15. The van der Waals surface area contributed by atoms with Crippen LogP contribution in [0.5, 0.6) is 0 Å². The summed E-state index contributed by atoms with van der Waals surface area (Å²) >= 11 is 0. The molecule has 0 bridgehead atoms. The van der Waals surface area contributed by atoms with Crippen molar-refractivity contribution in [3.8, 4) is 0 Å². The van der Waals surface area contributed by atoms with E-state index in [1.807, 2.05) is 6.92 Å². The van der Waals surface area contributed by atoms with Crippen LogP contribution in [0, 0.1) is 0 Å². The lowest BCUT2D eigenvalue weighted by Crippen LogP contribution is -2.50. The Kier molecular flexibility index (Phi) is 6.11. The second-order valence-corrected chi connectivity index (χ2v) is 3.28. The number of hydrogen-bond acceptors (Lipinski definition) is 2. The number of unbranched alkanes of at least 4 members (excludes halogenated alkanes) is 1. The van der Waals surface area contributed by atoms with Gasteiger partial charge in [0.05, 0.1) is 0 Å². The van der Waals surface area contributed by atoms with E-state index in [0.29, 0.717) is 13.1 Å². The van der Waals surface area contributed by atoms with Crippen molar-refractivity contribution in [2.24, 2.45) is 5.73 Å². The van der Waals surface area contributed by atoms with E-state index in [9.17, 15) is 13.2 Å². The highest BCUT2D eigenvalue weighted by atomic mass is 19.4. The van der Waals surface area contributed by atoms with Crippen LogP contribution in [0.2, 0.25) is 0 Å². The summed E-state index contributed by atoms with van der Waals surface area (Å²) in [4.78, 5) is 1.39. The van der Waals surface area contributed by atoms with E-state index < -0.39 is 12.2 Å². The van der Waals surface area contributed by atoms with Crippen molar-refractivity contribution >= 4 is 0 Å². The number of nitrogens with two attached hydrogens (primary N) is 1. The van der Waals surface area contributed by atoms with Gasteiger partial charge in [0, 0.05) is 6.54 Å². The fraction of sp³-hybridized carbons (Fsp3) is 1.00. The lowest BCUT2D eigenvalue weighted by Gasteiger charge is -2.31. The first-order valence-corrected chi connectivity index (χ1v) is 4.98. The zero-order chi connectivity index (χ0) is 11.2. The minimum absolute atomic E-state index is 0.360. The van der Waals surface area contributed by atoms with Crippen LogP contribution in [0.15, 0.2) is 0 Å². The van der Waals surface area contributed by atoms with Crippen molar-refractivity contribution in [2.75, 3.05) is 19.6 Å². The summed E-state index contributed by atoms with van der Waals surface area (Å²) in [5.74, 6) is 0. The summed E-state index contributed by atoms with van der Waals surface area (Å²) in [6.07, 6.45) is -2.54. The third-order valence-corrected chi connectivity index (χ3v) is 2.25. The molecule has 14 heavy (non-hydrogen) atoms. The molecule has 0 radical (unpaired) electrons. The molecule has 86 valence electrons. The molecule has 2 N–H and O–H groups in total. The molecule has 1 atom stereocenters. The van der Waals surface area contributed by atoms with Crippen LogP contribution in [0.1, 0.15) is 26.7 Å². The highest BCUT2D eigenvalue weighted by Gasteiger charge is 2.41. The molecule has 0 aliphatic rings. The molecule has 0 spiro atoms. The van der Waals surface area contributed by atoms with Gasteiger partial charge in [-0.25, -0.2) is 0 Å². The third kappa shape index (κ3) is 4.28. The molecule has 2 nitrogen and oxygen atoms in total. The zero-order valence-electron chi connectivity index (χ0n) is 8.77. The fourth-order valence-corrected chi connectivity index (χ4v) is 1.39. The van der Waals surface area contributed by atoms with Gasteiger partial charge in [-0.3, -0.25) is 4.90 Å². The van der Waals surface area contributed by atoms with Gasteiger partial charge in [-0.2, -0.15) is 13.2 Å². The molecule has 0 rings (SSSR count). The van der Waals surface area contributed by atoms with Gasteiger partial charge in [0.2, 0.25) is 0 Å². The average molecular weight is 212 g/mol. The Balaban J connectivity index is 4.29. The molecule has 0 aromatic carbocycles. The Labute approximate surface area is 83.3 Å². The van der Waals surface area contributed by atoms with Crippen LogP contribution >= 0.6 is 0 Å². The summed E-state index contributed by atoms with van der Waals surface area (Å²) in [6, 6.07) is -1.49. The lowest BCUT2D eigenvalue weighted by atomic mass is 10.2. The Morgan fingerprint density at radius 2 is 1.86 bits per heavy atom. The van der Waals surface area contributed by atoms with Crippen molar-refractivity contribution in [3.05, 3.63) is 0 Å². The van der Waals surface area contributed by atoms with Crippen molar-refractivity contribution < 1.29 is 13.2 Å². The highest BCUT2D eigenvalue weighted by Crippen LogP contribution is 2.24. The van der Waals surface area contributed by atoms with Gasteiger partial charge in [0.25, 0.3) is 0 Å². The smallest absolute Gasteiger partial charge is 0.329 e. The van der Waals surface area contributed by atoms with E-state index in [0.717, 1.165) is 12.8 Å². The molecule has 1 unspecified atom stereocenters. The molecule has 0 heterocycles. The maximum atomic E-state index is 12.5. The summed E-state index contributed by atoms with van der Waals surface area (Å²) in [5, 5.41) is 0. The molecule has 0 saturated heterocycles. The van der Waals surface area contributed by atoms with Crippen LogP contribution in [-0.2, 0) is 0 Å². The summed E-state index contributed by atoms with van der Waals surface area (Å²) < 4.78 is 37.4. The quantitative estimate of drug-likeness (QED) is 0.729. The molecule has 0 amide bonds. The molecule has 0 aliphatic heterocycles. The van der Waals surface area contributed by atoms with Gasteiger partial charge in [0.1, 0.15) is 6.04 Å². The van der Waals surface area contributed by atoms with E-state index in [1.54, 1.807) is 6.92 Å². The van der Waals surface area contributed by atoms with Crippen molar-refractivity contribution in [1.29, 1.82) is 0 Å². The molecule has 0 fully saturated rings. The van der Waals surface area contributed by atoms with Gasteiger partial charge in [-0.05, 0) is 19.5 Å². The summed E-state index contributed by atoms with van der Waals surface area (Å²) in [6.45, 7) is 4.18. The Bertz CT molecular complexity index is 147. The van der Waals surface area contributed by atoms with Crippen LogP contribution < -0.4 is 5.73 Å². The number of halogens is 3. The van der Waals surface area contributed by atoms with E-state index in [4.69, 9.17) is 5.73 Å². The van der Waals surface area contributed by atoms with E-state index in [2.05, 4.69) is 0 Å². The van der Waals surface area contributed by atoms with Crippen molar-refractivity contribution in [3.63, 3.8) is 0 Å². The topological polar surface area (TPSA) is 29.3 Å². The molecule has 0 saturated carbocycles. The number of likely N-dealkylation sites (N-methyl/N-ethyl adjacent to an activating group) is 1.